The standard InChI is InChI=1S/C23H27N3O6S.C2H6/c1-11-17-12(2)20(27)26(17)18(22(29)30)19(11)33-15-9-16(24-10-15)21(28)25(3)14-7-5-6-13(8-14)23(31)32-4;1-2/h5-8,11-12,15-17,24H,9-10H2,1-4H3,(H,29,30);1-2H3. The summed E-state index contributed by atoms with van der Waals surface area (Å²) in [5, 5.41) is 13.8. The Morgan fingerprint density at radius 1 is 1.20 bits per heavy atom. The van der Waals surface area contributed by atoms with Crippen molar-refractivity contribution in [1.29, 1.82) is 0 Å². The lowest BCUT2D eigenvalue weighted by Crippen LogP contribution is -2.89. The van der Waals surface area contributed by atoms with Crippen LogP contribution in [0.3, 0.4) is 0 Å². The van der Waals surface area contributed by atoms with Gasteiger partial charge in [-0.3, -0.25) is 9.59 Å². The van der Waals surface area contributed by atoms with E-state index in [-0.39, 0.29) is 46.7 Å². The van der Waals surface area contributed by atoms with Crippen molar-refractivity contribution < 1.29 is 34.3 Å². The van der Waals surface area contributed by atoms with Crippen molar-refractivity contribution in [3.63, 3.8) is 0 Å². The quantitative estimate of drug-likeness (QED) is 0.439. The molecule has 35 heavy (non-hydrogen) atoms. The third-order valence-corrected chi connectivity index (χ3v) is 8.36. The number of methoxy groups -OCH3 is 1. The zero-order valence-electron chi connectivity index (χ0n) is 20.9. The number of carboxylic acid groups (broad SMARTS) is 1. The van der Waals surface area contributed by atoms with Crippen LogP contribution in [0, 0.1) is 11.8 Å². The molecule has 0 bridgehead atoms. The van der Waals surface area contributed by atoms with E-state index in [0.29, 0.717) is 29.1 Å². The fourth-order valence-corrected chi connectivity index (χ4v) is 6.54. The molecule has 2 amide bonds. The third-order valence-electron chi connectivity index (χ3n) is 6.83. The molecule has 0 aromatic heterocycles. The Balaban J connectivity index is 0.00000167. The first-order chi connectivity index (χ1) is 16.6. The number of aliphatic carboxylic acids is 1. The number of nitrogens with two attached hydrogens (primary N) is 1. The molecule has 5 unspecified atom stereocenters. The lowest BCUT2D eigenvalue weighted by Gasteiger charge is -2.44. The first kappa shape index (κ1) is 26.7. The Hall–Kier alpha value is -2.85. The summed E-state index contributed by atoms with van der Waals surface area (Å²) < 4.78 is 4.75. The van der Waals surface area contributed by atoms with Crippen LogP contribution in [0.2, 0.25) is 0 Å². The van der Waals surface area contributed by atoms with Gasteiger partial charge in [-0.1, -0.05) is 33.8 Å². The normalized spacial score (nSPS) is 27.0. The summed E-state index contributed by atoms with van der Waals surface area (Å²) in [6, 6.07) is 6.24. The van der Waals surface area contributed by atoms with E-state index in [9.17, 15) is 24.3 Å². The molecule has 0 radical (unpaired) electrons. The smallest absolute Gasteiger partial charge is 0.337 e. The second kappa shape index (κ2) is 10.8. The summed E-state index contributed by atoms with van der Waals surface area (Å²) in [4.78, 5) is 52.5. The van der Waals surface area contributed by atoms with Crippen LogP contribution in [-0.4, -0.2) is 66.7 Å². The van der Waals surface area contributed by atoms with E-state index in [2.05, 4.69) is 0 Å². The Kier molecular flexibility index (Phi) is 8.27. The molecule has 3 aliphatic heterocycles. The number of carbonyl (C=O) groups excluding carboxylic acids is 4. The highest BCUT2D eigenvalue weighted by molar-refractivity contribution is 8.03. The molecule has 5 atom stereocenters. The van der Waals surface area contributed by atoms with Crippen molar-refractivity contribution in [2.45, 2.75) is 51.4 Å². The number of esters is 1. The molecule has 0 saturated carbocycles. The Morgan fingerprint density at radius 2 is 1.89 bits per heavy atom. The Bertz CT molecular complexity index is 1060. The second-order valence-electron chi connectivity index (χ2n) is 8.77. The van der Waals surface area contributed by atoms with E-state index in [0.717, 1.165) is 0 Å². The number of amides is 2. The van der Waals surface area contributed by atoms with Crippen LogP contribution in [0.25, 0.3) is 0 Å². The summed E-state index contributed by atoms with van der Waals surface area (Å²) in [5.41, 5.74) is 0.951. The van der Waals surface area contributed by atoms with E-state index in [1.165, 1.54) is 28.7 Å². The van der Waals surface area contributed by atoms with E-state index in [4.69, 9.17) is 4.74 Å². The van der Waals surface area contributed by atoms with Crippen molar-refractivity contribution in [2.24, 2.45) is 11.8 Å². The van der Waals surface area contributed by atoms with Crippen LogP contribution in [-0.2, 0) is 19.1 Å². The Labute approximate surface area is 209 Å². The number of hydrogen-bond acceptors (Lipinski definition) is 7. The number of carbonyl (C=O) groups is 4. The first-order valence-corrected chi connectivity index (χ1v) is 12.8. The minimum Gasteiger partial charge on any atom is -0.543 e. The fraction of sp³-hybridized carbons (Fsp3) is 0.520. The molecular weight excluding hydrogens is 470 g/mol. The highest BCUT2D eigenvalue weighted by Gasteiger charge is 2.55. The molecule has 190 valence electrons. The van der Waals surface area contributed by atoms with Gasteiger partial charge >= 0.3 is 5.97 Å². The number of quaternary nitrogens is 1. The van der Waals surface area contributed by atoms with E-state index in [1.807, 2.05) is 33.0 Å². The van der Waals surface area contributed by atoms with Gasteiger partial charge in [0.2, 0.25) is 5.91 Å². The maximum absolute atomic E-state index is 13.1. The number of benzene rings is 1. The molecule has 2 saturated heterocycles. The van der Waals surface area contributed by atoms with Gasteiger partial charge in [0.25, 0.3) is 5.91 Å². The molecule has 1 aromatic carbocycles. The van der Waals surface area contributed by atoms with Gasteiger partial charge in [-0.25, -0.2) is 4.79 Å². The van der Waals surface area contributed by atoms with Crippen LogP contribution in [0.15, 0.2) is 34.9 Å². The van der Waals surface area contributed by atoms with Crippen LogP contribution >= 0.6 is 11.8 Å². The zero-order chi connectivity index (χ0) is 26.0. The van der Waals surface area contributed by atoms with Crippen LogP contribution < -0.4 is 15.3 Å². The molecule has 9 nitrogen and oxygen atoms in total. The number of likely N-dealkylation sites (N-methyl/N-ethyl adjacent to an activating group) is 1. The summed E-state index contributed by atoms with van der Waals surface area (Å²) in [5.74, 6) is -2.35. The molecule has 3 heterocycles. The lowest BCUT2D eigenvalue weighted by molar-refractivity contribution is -0.656. The maximum Gasteiger partial charge on any atom is 0.337 e. The van der Waals surface area contributed by atoms with Crippen molar-refractivity contribution in [2.75, 3.05) is 25.6 Å². The summed E-state index contributed by atoms with van der Waals surface area (Å²) >= 11 is 1.45. The third kappa shape index (κ3) is 4.81. The largest absolute Gasteiger partial charge is 0.543 e. The molecule has 0 spiro atoms. The number of β-lactam (4-membered cyclic amide) rings is 1. The monoisotopic (exact) mass is 503 g/mol. The number of rotatable bonds is 6. The second-order valence-corrected chi connectivity index (χ2v) is 10.1. The van der Waals surface area contributed by atoms with Crippen LogP contribution in [0.4, 0.5) is 5.69 Å². The van der Waals surface area contributed by atoms with Crippen molar-refractivity contribution >= 4 is 41.2 Å². The topological polar surface area (TPSA) is 124 Å². The van der Waals surface area contributed by atoms with E-state index >= 15 is 0 Å². The predicted octanol–water partition coefficient (Wildman–Crippen LogP) is 0.358. The molecular formula is C25H33N3O6S. The predicted molar refractivity (Wildman–Crippen MR) is 130 cm³/mol. The first-order valence-electron chi connectivity index (χ1n) is 11.9. The molecule has 2 fully saturated rings. The zero-order valence-corrected chi connectivity index (χ0v) is 21.8. The number of anilines is 1. The Morgan fingerprint density at radius 3 is 2.51 bits per heavy atom. The average Bonchev–Trinajstić information content (AvgIpc) is 3.45. The minimum absolute atomic E-state index is 0.00730. The van der Waals surface area contributed by atoms with Gasteiger partial charge in [0, 0.05) is 30.0 Å². The number of hydrogen-bond donors (Lipinski definition) is 1. The van der Waals surface area contributed by atoms with E-state index < -0.39 is 11.9 Å². The molecule has 4 rings (SSSR count). The lowest BCUT2D eigenvalue weighted by atomic mass is 9.84. The van der Waals surface area contributed by atoms with Gasteiger partial charge in [0.1, 0.15) is 0 Å². The van der Waals surface area contributed by atoms with Gasteiger partial charge in [-0.15, -0.1) is 11.8 Å². The molecule has 2 N–H and O–H groups in total. The van der Waals surface area contributed by atoms with Crippen molar-refractivity contribution in [1.82, 2.24) is 4.90 Å². The number of fused-ring (bicyclic) bond motifs is 1. The summed E-state index contributed by atoms with van der Waals surface area (Å²) in [7, 11) is 2.97. The number of carboxylic acids is 1. The minimum atomic E-state index is -1.33. The maximum atomic E-state index is 13.1. The van der Waals surface area contributed by atoms with Gasteiger partial charge in [-0.05, 0) is 18.2 Å². The fourth-order valence-electron chi connectivity index (χ4n) is 5.03. The summed E-state index contributed by atoms with van der Waals surface area (Å²) in [6.07, 6.45) is 0.565. The van der Waals surface area contributed by atoms with Gasteiger partial charge in [-0.2, -0.15) is 0 Å². The van der Waals surface area contributed by atoms with Crippen molar-refractivity contribution in [3.05, 3.63) is 40.4 Å². The molecule has 3 aliphatic rings. The van der Waals surface area contributed by atoms with Gasteiger partial charge in [0.15, 0.2) is 6.04 Å². The molecule has 0 aliphatic carbocycles. The highest BCUT2D eigenvalue weighted by atomic mass is 32.2. The molecule has 10 heteroatoms. The SMILES string of the molecule is CC.COC(=O)c1cccc(N(C)C(=O)C2CC(SC3=C(C(=O)[O-])N4C(=O)C(C)C4C3C)C[NH2+]2)c1. The van der Waals surface area contributed by atoms with Crippen molar-refractivity contribution in [3.8, 4) is 0 Å². The van der Waals surface area contributed by atoms with E-state index in [1.54, 1.807) is 31.3 Å². The molecule has 1 aromatic rings. The van der Waals surface area contributed by atoms with Crippen LogP contribution in [0.1, 0.15) is 44.5 Å². The van der Waals surface area contributed by atoms with Crippen LogP contribution in [0.5, 0.6) is 0 Å². The van der Waals surface area contributed by atoms with Gasteiger partial charge < -0.3 is 29.8 Å². The average molecular weight is 504 g/mol. The summed E-state index contributed by atoms with van der Waals surface area (Å²) in [6.45, 7) is 8.42. The number of nitrogens with zero attached hydrogens (tertiary/aromatic N) is 2. The highest BCUT2D eigenvalue weighted by Crippen LogP contribution is 2.50. The number of thioether (sulfide) groups is 1. The van der Waals surface area contributed by atoms with Gasteiger partial charge in [0.05, 0.1) is 48.1 Å². The number of ether oxygens (including phenoxy) is 1.